The van der Waals surface area contributed by atoms with Crippen molar-refractivity contribution in [3.8, 4) is 11.5 Å². The van der Waals surface area contributed by atoms with E-state index in [2.05, 4.69) is 15.6 Å². The molecule has 1 aliphatic rings. The van der Waals surface area contributed by atoms with Crippen molar-refractivity contribution < 1.29 is 23.9 Å². The number of anilines is 1. The molecule has 1 fully saturated rings. The first-order valence-electron chi connectivity index (χ1n) is 9.97. The number of hydrogen-bond acceptors (Lipinski definition) is 6. The molecule has 0 bridgehead atoms. The fourth-order valence-corrected chi connectivity index (χ4v) is 3.35. The number of carbonyl (C=O) groups is 3. The molecule has 0 aliphatic carbocycles. The van der Waals surface area contributed by atoms with Gasteiger partial charge in [0, 0.05) is 18.7 Å². The van der Waals surface area contributed by atoms with Crippen LogP contribution in [0.4, 0.5) is 10.6 Å². The number of imide groups is 1. The Balaban J connectivity index is 1.51. The number of hydrogen-bond donors (Lipinski definition) is 2. The summed E-state index contributed by atoms with van der Waals surface area (Å²) in [5.74, 6) is 1.07. The Labute approximate surface area is 180 Å². The van der Waals surface area contributed by atoms with Crippen LogP contribution in [-0.2, 0) is 16.0 Å². The molecular formula is C22H26N4O5. The van der Waals surface area contributed by atoms with Crippen LogP contribution >= 0.6 is 0 Å². The number of nitrogens with one attached hydrogen (secondary N) is 2. The minimum absolute atomic E-state index is 0.0931. The highest BCUT2D eigenvalue weighted by atomic mass is 16.5. The van der Waals surface area contributed by atoms with Gasteiger partial charge < -0.3 is 20.1 Å². The average molecular weight is 426 g/mol. The van der Waals surface area contributed by atoms with Crippen LogP contribution in [0.15, 0.2) is 36.4 Å². The van der Waals surface area contributed by atoms with Crippen molar-refractivity contribution >= 4 is 23.7 Å². The fraction of sp³-hybridized carbons (Fsp3) is 0.364. The number of carbonyl (C=O) groups excluding carboxylic acids is 3. The van der Waals surface area contributed by atoms with E-state index in [9.17, 15) is 14.4 Å². The van der Waals surface area contributed by atoms with Crippen LogP contribution in [0.25, 0.3) is 0 Å². The van der Waals surface area contributed by atoms with E-state index in [1.165, 1.54) is 4.90 Å². The Hall–Kier alpha value is -3.62. The normalized spacial score (nSPS) is 15.6. The zero-order valence-electron chi connectivity index (χ0n) is 17.8. The molecule has 1 aliphatic heterocycles. The maximum absolute atomic E-state index is 12.6. The van der Waals surface area contributed by atoms with Gasteiger partial charge in [0.15, 0.2) is 11.5 Å². The largest absolute Gasteiger partial charge is 0.493 e. The third-order valence-electron chi connectivity index (χ3n) is 4.99. The number of nitrogens with zero attached hydrogens (tertiary/aromatic N) is 2. The molecular weight excluding hydrogens is 400 g/mol. The predicted octanol–water partition coefficient (Wildman–Crippen LogP) is 2.29. The van der Waals surface area contributed by atoms with Gasteiger partial charge in [0.1, 0.15) is 11.9 Å². The van der Waals surface area contributed by atoms with E-state index in [0.717, 1.165) is 11.3 Å². The Morgan fingerprint density at radius 2 is 1.94 bits per heavy atom. The first-order chi connectivity index (χ1) is 14.9. The van der Waals surface area contributed by atoms with Crippen LogP contribution < -0.4 is 20.1 Å². The molecule has 164 valence electrons. The maximum atomic E-state index is 12.6. The lowest BCUT2D eigenvalue weighted by Crippen LogP contribution is -2.33. The standard InChI is InChI=1S/C22H26N4O5/c1-14-5-4-6-19(23-14)25-20(27)10-8-16-21(28)26(22(29)24-16)12-11-15-7-9-17(30-2)18(13-15)31-3/h4-7,9,13,16H,8,10-12H2,1-3H3,(H,24,29)(H,23,25,27)/t16-/m1/s1. The number of urea groups is 1. The Kier molecular flexibility index (Phi) is 7.07. The topological polar surface area (TPSA) is 110 Å². The smallest absolute Gasteiger partial charge is 0.324 e. The quantitative estimate of drug-likeness (QED) is 0.596. The summed E-state index contributed by atoms with van der Waals surface area (Å²) in [6, 6.07) is 9.63. The molecule has 9 heteroatoms. The number of aromatic nitrogens is 1. The van der Waals surface area contributed by atoms with Gasteiger partial charge in [-0.05, 0) is 49.6 Å². The van der Waals surface area contributed by atoms with Gasteiger partial charge in [-0.25, -0.2) is 9.78 Å². The lowest BCUT2D eigenvalue weighted by atomic mass is 10.1. The highest BCUT2D eigenvalue weighted by molar-refractivity contribution is 6.04. The molecule has 1 aromatic carbocycles. The van der Waals surface area contributed by atoms with Crippen LogP contribution in [0.3, 0.4) is 0 Å². The first-order valence-corrected chi connectivity index (χ1v) is 9.97. The summed E-state index contributed by atoms with van der Waals surface area (Å²) in [7, 11) is 3.11. The van der Waals surface area contributed by atoms with Crippen LogP contribution in [-0.4, -0.2) is 54.5 Å². The monoisotopic (exact) mass is 426 g/mol. The number of benzene rings is 1. The minimum Gasteiger partial charge on any atom is -0.493 e. The second-order valence-electron chi connectivity index (χ2n) is 7.18. The third kappa shape index (κ3) is 5.50. The van der Waals surface area contributed by atoms with Crippen molar-refractivity contribution in [2.24, 2.45) is 0 Å². The molecule has 4 amide bonds. The van der Waals surface area contributed by atoms with Crippen LogP contribution in [0.5, 0.6) is 11.5 Å². The van der Waals surface area contributed by atoms with Crippen molar-refractivity contribution in [2.45, 2.75) is 32.2 Å². The molecule has 0 saturated carbocycles. The summed E-state index contributed by atoms with van der Waals surface area (Å²) < 4.78 is 10.5. The molecule has 0 spiro atoms. The Bertz CT molecular complexity index is 978. The van der Waals surface area contributed by atoms with Crippen LogP contribution in [0.2, 0.25) is 0 Å². The van der Waals surface area contributed by atoms with E-state index in [1.807, 2.05) is 25.1 Å². The number of amides is 4. The van der Waals surface area contributed by atoms with E-state index in [4.69, 9.17) is 9.47 Å². The summed E-state index contributed by atoms with van der Waals surface area (Å²) in [6.45, 7) is 2.06. The van der Waals surface area contributed by atoms with Gasteiger partial charge in [-0.1, -0.05) is 12.1 Å². The average Bonchev–Trinajstić information content (AvgIpc) is 3.03. The number of pyridine rings is 1. The van der Waals surface area contributed by atoms with E-state index >= 15 is 0 Å². The van der Waals surface area contributed by atoms with Crippen molar-refractivity contribution in [3.63, 3.8) is 0 Å². The molecule has 2 aromatic rings. The highest BCUT2D eigenvalue weighted by Gasteiger charge is 2.37. The van der Waals surface area contributed by atoms with Gasteiger partial charge in [-0.2, -0.15) is 0 Å². The van der Waals surface area contributed by atoms with E-state index in [-0.39, 0.29) is 31.2 Å². The number of aryl methyl sites for hydroxylation is 1. The van der Waals surface area contributed by atoms with Crippen molar-refractivity contribution in [2.75, 3.05) is 26.1 Å². The molecule has 1 saturated heterocycles. The van der Waals surface area contributed by atoms with Gasteiger partial charge in [-0.15, -0.1) is 0 Å². The lowest BCUT2D eigenvalue weighted by molar-refractivity contribution is -0.127. The predicted molar refractivity (Wildman–Crippen MR) is 114 cm³/mol. The summed E-state index contributed by atoms with van der Waals surface area (Å²) in [5, 5.41) is 5.36. The van der Waals surface area contributed by atoms with Gasteiger partial charge in [0.2, 0.25) is 5.91 Å². The summed E-state index contributed by atoms with van der Waals surface area (Å²) >= 11 is 0. The highest BCUT2D eigenvalue weighted by Crippen LogP contribution is 2.28. The van der Waals surface area contributed by atoms with Gasteiger partial charge in [0.25, 0.3) is 5.91 Å². The van der Waals surface area contributed by atoms with E-state index in [1.54, 1.807) is 32.4 Å². The molecule has 2 heterocycles. The zero-order valence-corrected chi connectivity index (χ0v) is 17.8. The molecule has 0 radical (unpaired) electrons. The molecule has 31 heavy (non-hydrogen) atoms. The van der Waals surface area contributed by atoms with E-state index in [0.29, 0.717) is 23.7 Å². The van der Waals surface area contributed by atoms with Gasteiger partial charge in [-0.3, -0.25) is 14.5 Å². The Morgan fingerprint density at radius 1 is 1.16 bits per heavy atom. The molecule has 9 nitrogen and oxygen atoms in total. The minimum atomic E-state index is -0.714. The number of rotatable bonds is 9. The first kappa shape index (κ1) is 22.1. The molecule has 2 N–H and O–H groups in total. The second-order valence-corrected chi connectivity index (χ2v) is 7.18. The molecule has 0 unspecified atom stereocenters. The van der Waals surface area contributed by atoms with Crippen molar-refractivity contribution in [1.29, 1.82) is 0 Å². The molecule has 1 aromatic heterocycles. The van der Waals surface area contributed by atoms with E-state index < -0.39 is 12.1 Å². The van der Waals surface area contributed by atoms with Crippen LogP contribution in [0, 0.1) is 6.92 Å². The van der Waals surface area contributed by atoms with Crippen molar-refractivity contribution in [1.82, 2.24) is 15.2 Å². The zero-order chi connectivity index (χ0) is 22.4. The lowest BCUT2D eigenvalue weighted by Gasteiger charge is -2.14. The van der Waals surface area contributed by atoms with Gasteiger partial charge in [0.05, 0.1) is 14.2 Å². The van der Waals surface area contributed by atoms with Crippen LogP contribution in [0.1, 0.15) is 24.1 Å². The fourth-order valence-electron chi connectivity index (χ4n) is 3.35. The summed E-state index contributed by atoms with van der Waals surface area (Å²) in [4.78, 5) is 42.4. The number of ether oxygens (including phenoxy) is 2. The molecule has 3 rings (SSSR count). The maximum Gasteiger partial charge on any atom is 0.324 e. The number of methoxy groups -OCH3 is 2. The summed E-state index contributed by atoms with van der Waals surface area (Å²) in [6.07, 6.45) is 0.788. The second kappa shape index (κ2) is 9.92. The SMILES string of the molecule is COc1ccc(CCN2C(=O)N[C@H](CCC(=O)Nc3cccc(C)n3)C2=O)cc1OC. The van der Waals surface area contributed by atoms with Crippen molar-refractivity contribution in [3.05, 3.63) is 47.7 Å². The summed E-state index contributed by atoms with van der Waals surface area (Å²) in [5.41, 5.74) is 1.70. The third-order valence-corrected chi connectivity index (χ3v) is 4.99. The van der Waals surface area contributed by atoms with Gasteiger partial charge >= 0.3 is 6.03 Å². The molecule has 1 atom stereocenters. The Morgan fingerprint density at radius 3 is 2.65 bits per heavy atom.